The molecule has 0 amide bonds. The van der Waals surface area contributed by atoms with E-state index in [1.807, 2.05) is 20.9 Å². The number of oxime groups is 1. The van der Waals surface area contributed by atoms with Gasteiger partial charge in [0.25, 0.3) is 0 Å². The third-order valence-corrected chi connectivity index (χ3v) is 1.41. The van der Waals surface area contributed by atoms with Crippen molar-refractivity contribution in [1.82, 2.24) is 5.32 Å². The van der Waals surface area contributed by atoms with Crippen LogP contribution < -0.4 is 5.32 Å². The summed E-state index contributed by atoms with van der Waals surface area (Å²) in [6, 6.07) is 0. The Morgan fingerprint density at radius 2 is 2.23 bits per heavy atom. The third-order valence-electron chi connectivity index (χ3n) is 1.41. The molecule has 0 bridgehead atoms. The highest BCUT2D eigenvalue weighted by molar-refractivity contribution is 6.01. The fourth-order valence-corrected chi connectivity index (χ4v) is 0.664. The van der Waals surface area contributed by atoms with E-state index in [-0.39, 0.29) is 0 Å². The Labute approximate surface area is 80.5 Å². The van der Waals surface area contributed by atoms with Crippen LogP contribution in [0.5, 0.6) is 0 Å². The Morgan fingerprint density at radius 3 is 2.69 bits per heavy atom. The molecule has 0 aromatic rings. The van der Waals surface area contributed by atoms with Crippen molar-refractivity contribution in [2.75, 3.05) is 20.2 Å². The molecule has 0 atom stereocenters. The highest BCUT2D eigenvalue weighted by atomic mass is 16.6. The second-order valence-corrected chi connectivity index (χ2v) is 2.94. The molecule has 3 heteroatoms. The minimum absolute atomic E-state index is 0.321. The summed E-state index contributed by atoms with van der Waals surface area (Å²) >= 11 is 0. The monoisotopic (exact) mass is 182 g/mol. The van der Waals surface area contributed by atoms with Crippen LogP contribution in [-0.4, -0.2) is 25.9 Å². The van der Waals surface area contributed by atoms with Gasteiger partial charge in [0.1, 0.15) is 12.3 Å². The average Bonchev–Trinajstić information content (AvgIpc) is 2.10. The first-order valence-electron chi connectivity index (χ1n) is 4.49. The van der Waals surface area contributed by atoms with Crippen molar-refractivity contribution >= 4 is 5.71 Å². The Hall–Kier alpha value is -1.01. The molecule has 1 N–H and O–H groups in total. The maximum Gasteiger partial charge on any atom is 0.132 e. The summed E-state index contributed by atoms with van der Waals surface area (Å²) in [7, 11) is 1.88. The lowest BCUT2D eigenvalue weighted by Crippen LogP contribution is -2.14. The van der Waals surface area contributed by atoms with Crippen molar-refractivity contribution in [1.29, 1.82) is 0 Å². The minimum Gasteiger partial charge on any atom is -0.394 e. The molecule has 13 heavy (non-hydrogen) atoms. The van der Waals surface area contributed by atoms with Crippen LogP contribution in [0.2, 0.25) is 0 Å². The quantitative estimate of drug-likeness (QED) is 0.300. The van der Waals surface area contributed by atoms with Crippen LogP contribution in [0.3, 0.4) is 0 Å². The van der Waals surface area contributed by atoms with Gasteiger partial charge in [-0.1, -0.05) is 24.9 Å². The van der Waals surface area contributed by atoms with Crippen molar-refractivity contribution in [3.63, 3.8) is 0 Å². The lowest BCUT2D eigenvalue weighted by molar-refractivity contribution is 0.147. The van der Waals surface area contributed by atoms with Gasteiger partial charge in [-0.25, -0.2) is 0 Å². The summed E-state index contributed by atoms with van der Waals surface area (Å²) < 4.78 is 0. The molecule has 0 fully saturated rings. The standard InChI is InChI=1S/C10H18N2O/c1-5-6-10(9(2)3)12-13-8-7-11-4/h9,11H,7-8H2,1-4H3/b12-10+. The summed E-state index contributed by atoms with van der Waals surface area (Å²) in [6.45, 7) is 7.27. The topological polar surface area (TPSA) is 33.6 Å². The first-order valence-corrected chi connectivity index (χ1v) is 4.49. The molecule has 0 aromatic heterocycles. The van der Waals surface area contributed by atoms with E-state index in [4.69, 9.17) is 4.84 Å². The van der Waals surface area contributed by atoms with Crippen molar-refractivity contribution in [2.24, 2.45) is 11.1 Å². The van der Waals surface area contributed by atoms with Crippen LogP contribution in [0, 0.1) is 17.8 Å². The molecule has 3 nitrogen and oxygen atoms in total. The summed E-state index contributed by atoms with van der Waals surface area (Å²) in [6.07, 6.45) is 0. The molecule has 0 heterocycles. The molecular formula is C10H18N2O. The van der Waals surface area contributed by atoms with Crippen LogP contribution in [0.25, 0.3) is 0 Å². The summed E-state index contributed by atoms with van der Waals surface area (Å²) in [5, 5.41) is 6.93. The number of likely N-dealkylation sites (N-methyl/N-ethyl adjacent to an activating group) is 1. The van der Waals surface area contributed by atoms with Gasteiger partial charge >= 0.3 is 0 Å². The van der Waals surface area contributed by atoms with Crippen molar-refractivity contribution in [3.05, 3.63) is 0 Å². The zero-order valence-electron chi connectivity index (χ0n) is 8.85. The second kappa shape index (κ2) is 7.63. The Balaban J connectivity index is 3.95. The molecule has 0 aliphatic rings. The van der Waals surface area contributed by atoms with E-state index in [1.165, 1.54) is 0 Å². The number of hydrogen-bond acceptors (Lipinski definition) is 3. The Morgan fingerprint density at radius 1 is 1.54 bits per heavy atom. The highest BCUT2D eigenvalue weighted by Crippen LogP contribution is 1.96. The fourth-order valence-electron chi connectivity index (χ4n) is 0.664. The lowest BCUT2D eigenvalue weighted by Gasteiger charge is -2.03. The number of rotatable bonds is 5. The van der Waals surface area contributed by atoms with Gasteiger partial charge in [-0.15, -0.1) is 0 Å². The van der Waals surface area contributed by atoms with Gasteiger partial charge in [0.15, 0.2) is 0 Å². The molecule has 0 radical (unpaired) electrons. The van der Waals surface area contributed by atoms with E-state index >= 15 is 0 Å². The first-order chi connectivity index (χ1) is 6.22. The van der Waals surface area contributed by atoms with Gasteiger partial charge in [-0.3, -0.25) is 0 Å². The molecule has 0 saturated heterocycles. The number of hydrogen-bond donors (Lipinski definition) is 1. The second-order valence-electron chi connectivity index (χ2n) is 2.94. The molecule has 0 aliphatic heterocycles. The predicted molar refractivity (Wildman–Crippen MR) is 55.6 cm³/mol. The first kappa shape index (κ1) is 12.0. The predicted octanol–water partition coefficient (Wildman–Crippen LogP) is 1.26. The van der Waals surface area contributed by atoms with Gasteiger partial charge in [-0.05, 0) is 19.9 Å². The van der Waals surface area contributed by atoms with Crippen LogP contribution in [-0.2, 0) is 4.84 Å². The van der Waals surface area contributed by atoms with E-state index in [0.717, 1.165) is 12.3 Å². The number of nitrogens with zero attached hydrogens (tertiary/aromatic N) is 1. The maximum atomic E-state index is 5.07. The van der Waals surface area contributed by atoms with Crippen molar-refractivity contribution in [3.8, 4) is 11.8 Å². The summed E-state index contributed by atoms with van der Waals surface area (Å²) in [4.78, 5) is 5.07. The Bertz CT molecular complexity index is 211. The van der Waals surface area contributed by atoms with Gasteiger partial charge in [0.2, 0.25) is 0 Å². The van der Waals surface area contributed by atoms with Crippen LogP contribution in [0.15, 0.2) is 5.16 Å². The average molecular weight is 182 g/mol. The van der Waals surface area contributed by atoms with Gasteiger partial charge < -0.3 is 10.2 Å². The van der Waals surface area contributed by atoms with Crippen molar-refractivity contribution < 1.29 is 4.84 Å². The molecule has 0 spiro atoms. The number of nitrogens with one attached hydrogen (secondary N) is 1. The fraction of sp³-hybridized carbons (Fsp3) is 0.700. The molecular weight excluding hydrogens is 164 g/mol. The van der Waals surface area contributed by atoms with E-state index < -0.39 is 0 Å². The molecule has 74 valence electrons. The van der Waals surface area contributed by atoms with E-state index in [9.17, 15) is 0 Å². The van der Waals surface area contributed by atoms with Gasteiger partial charge in [0.05, 0.1) is 0 Å². The van der Waals surface area contributed by atoms with E-state index in [0.29, 0.717) is 12.5 Å². The van der Waals surface area contributed by atoms with E-state index in [1.54, 1.807) is 6.92 Å². The van der Waals surface area contributed by atoms with E-state index in [2.05, 4.69) is 22.3 Å². The van der Waals surface area contributed by atoms with Crippen LogP contribution in [0.4, 0.5) is 0 Å². The summed E-state index contributed by atoms with van der Waals surface area (Å²) in [5.41, 5.74) is 0.804. The van der Waals surface area contributed by atoms with Gasteiger partial charge in [-0.2, -0.15) is 0 Å². The molecule has 0 saturated carbocycles. The highest BCUT2D eigenvalue weighted by Gasteiger charge is 2.01. The molecule has 0 aliphatic carbocycles. The molecule has 0 unspecified atom stereocenters. The van der Waals surface area contributed by atoms with Crippen molar-refractivity contribution in [2.45, 2.75) is 20.8 Å². The molecule has 0 rings (SSSR count). The van der Waals surface area contributed by atoms with Gasteiger partial charge in [0, 0.05) is 12.5 Å². The largest absolute Gasteiger partial charge is 0.394 e. The lowest BCUT2D eigenvalue weighted by atomic mass is 10.1. The smallest absolute Gasteiger partial charge is 0.132 e. The third kappa shape index (κ3) is 6.18. The maximum absolute atomic E-state index is 5.07. The minimum atomic E-state index is 0.321. The zero-order chi connectivity index (χ0) is 10.1. The summed E-state index contributed by atoms with van der Waals surface area (Å²) in [5.74, 6) is 6.05. The normalized spacial score (nSPS) is 11.0. The molecule has 0 aromatic carbocycles. The Kier molecular flexibility index (Phi) is 7.04. The van der Waals surface area contributed by atoms with Crippen LogP contribution in [0.1, 0.15) is 20.8 Å². The SMILES string of the molecule is CC#C/C(=N\OCCNC)C(C)C. The van der Waals surface area contributed by atoms with Crippen LogP contribution >= 0.6 is 0 Å². The zero-order valence-corrected chi connectivity index (χ0v) is 8.85.